The first-order valence-electron chi connectivity index (χ1n) is 7.77. The first-order valence-corrected chi connectivity index (χ1v) is 7.77. The summed E-state index contributed by atoms with van der Waals surface area (Å²) >= 11 is 0. The van der Waals surface area contributed by atoms with E-state index in [0.29, 0.717) is 0 Å². The van der Waals surface area contributed by atoms with Gasteiger partial charge >= 0.3 is 5.97 Å². The summed E-state index contributed by atoms with van der Waals surface area (Å²) in [7, 11) is 5.20. The number of methoxy groups -OCH3 is 2. The van der Waals surface area contributed by atoms with Gasteiger partial charge in [-0.1, -0.05) is 6.42 Å². The number of hydrogen-bond donors (Lipinski definition) is 2. The van der Waals surface area contributed by atoms with Crippen molar-refractivity contribution in [3.05, 3.63) is 0 Å². The topological polar surface area (TPSA) is 71.0 Å². The third kappa shape index (κ3) is 3.23. The molecule has 2 N–H and O–H groups in total. The Kier molecular flexibility index (Phi) is 5.60. The van der Waals surface area contributed by atoms with Crippen LogP contribution in [0.15, 0.2) is 0 Å². The number of nitrogens with zero attached hydrogens (tertiary/aromatic N) is 1. The predicted octanol–water partition coefficient (Wildman–Crippen LogP) is 0.565. The number of carboxylic acid groups (broad SMARTS) is 1. The molecule has 2 aliphatic rings. The summed E-state index contributed by atoms with van der Waals surface area (Å²) in [4.78, 5) is 14.0. The fourth-order valence-electron chi connectivity index (χ4n) is 3.98. The minimum atomic E-state index is -0.735. The molecule has 0 spiro atoms. The Morgan fingerprint density at radius 2 is 1.95 bits per heavy atom. The van der Waals surface area contributed by atoms with Crippen LogP contribution in [0.2, 0.25) is 0 Å². The van der Waals surface area contributed by atoms with Crippen molar-refractivity contribution in [2.45, 2.75) is 43.4 Å². The first kappa shape index (κ1) is 16.7. The number of carboxylic acids is 1. The van der Waals surface area contributed by atoms with Gasteiger partial charge in [-0.15, -0.1) is 0 Å². The molecule has 4 unspecified atom stereocenters. The van der Waals surface area contributed by atoms with Crippen LogP contribution < -0.4 is 5.32 Å². The Labute approximate surface area is 126 Å². The molecule has 122 valence electrons. The average Bonchev–Trinajstić information content (AvgIpc) is 3.08. The van der Waals surface area contributed by atoms with Crippen LogP contribution in [-0.2, 0) is 14.3 Å². The molecule has 6 nitrogen and oxygen atoms in total. The van der Waals surface area contributed by atoms with Crippen LogP contribution in [0.25, 0.3) is 0 Å². The third-order valence-corrected chi connectivity index (χ3v) is 5.34. The SMILES string of the molecule is CNC1(C(=O)O)CCCC1CCN1CC(OC)C(OC)C1. The fourth-order valence-corrected chi connectivity index (χ4v) is 3.98. The molecule has 2 rings (SSSR count). The van der Waals surface area contributed by atoms with E-state index in [4.69, 9.17) is 9.47 Å². The molecule has 0 aromatic rings. The number of likely N-dealkylation sites (N-methyl/N-ethyl adjacent to an activating group) is 1. The fraction of sp³-hybridized carbons (Fsp3) is 0.933. The van der Waals surface area contributed by atoms with Gasteiger partial charge in [-0.2, -0.15) is 0 Å². The highest BCUT2D eigenvalue weighted by atomic mass is 16.5. The quantitative estimate of drug-likeness (QED) is 0.716. The zero-order chi connectivity index (χ0) is 15.5. The molecule has 6 heteroatoms. The van der Waals surface area contributed by atoms with E-state index in [1.807, 2.05) is 0 Å². The molecule has 0 radical (unpaired) electrons. The Balaban J connectivity index is 1.90. The van der Waals surface area contributed by atoms with Gasteiger partial charge in [-0.3, -0.25) is 9.69 Å². The van der Waals surface area contributed by atoms with Crippen LogP contribution >= 0.6 is 0 Å². The highest BCUT2D eigenvalue weighted by molar-refractivity contribution is 5.79. The van der Waals surface area contributed by atoms with Gasteiger partial charge in [0.15, 0.2) is 0 Å². The van der Waals surface area contributed by atoms with Crippen molar-refractivity contribution in [2.24, 2.45) is 5.92 Å². The minimum Gasteiger partial charge on any atom is -0.480 e. The van der Waals surface area contributed by atoms with Crippen molar-refractivity contribution in [2.75, 3.05) is 40.9 Å². The Morgan fingerprint density at radius 1 is 1.33 bits per heavy atom. The molecule has 2 fully saturated rings. The molecule has 0 bridgehead atoms. The minimum absolute atomic E-state index is 0.118. The van der Waals surface area contributed by atoms with Gasteiger partial charge in [0.05, 0.1) is 12.2 Å². The molecule has 4 atom stereocenters. The average molecular weight is 300 g/mol. The lowest BCUT2D eigenvalue weighted by molar-refractivity contribution is -0.146. The lowest BCUT2D eigenvalue weighted by Crippen LogP contribution is -2.53. The Bertz CT molecular complexity index is 354. The van der Waals surface area contributed by atoms with Gasteiger partial charge in [0, 0.05) is 27.3 Å². The lowest BCUT2D eigenvalue weighted by atomic mass is 9.84. The zero-order valence-corrected chi connectivity index (χ0v) is 13.3. The van der Waals surface area contributed by atoms with E-state index in [-0.39, 0.29) is 18.1 Å². The number of rotatable bonds is 7. The Morgan fingerprint density at radius 3 is 2.43 bits per heavy atom. The predicted molar refractivity (Wildman–Crippen MR) is 79.4 cm³/mol. The highest BCUT2D eigenvalue weighted by Gasteiger charge is 2.48. The maximum atomic E-state index is 11.6. The molecular formula is C15H28N2O4. The van der Waals surface area contributed by atoms with E-state index < -0.39 is 11.5 Å². The Hall–Kier alpha value is -0.690. The van der Waals surface area contributed by atoms with Gasteiger partial charge in [0.2, 0.25) is 0 Å². The maximum Gasteiger partial charge on any atom is 0.324 e. The molecule has 1 aliphatic carbocycles. The van der Waals surface area contributed by atoms with E-state index in [0.717, 1.165) is 45.3 Å². The second-order valence-electron chi connectivity index (χ2n) is 6.21. The number of aliphatic carboxylic acids is 1. The molecule has 1 aliphatic heterocycles. The monoisotopic (exact) mass is 300 g/mol. The van der Waals surface area contributed by atoms with E-state index in [2.05, 4.69) is 10.2 Å². The van der Waals surface area contributed by atoms with Crippen molar-refractivity contribution in [1.82, 2.24) is 10.2 Å². The molecule has 0 aromatic carbocycles. The van der Waals surface area contributed by atoms with Gasteiger partial charge in [0.1, 0.15) is 5.54 Å². The van der Waals surface area contributed by atoms with Gasteiger partial charge in [-0.25, -0.2) is 0 Å². The first-order chi connectivity index (χ1) is 10.1. The number of ether oxygens (including phenoxy) is 2. The van der Waals surface area contributed by atoms with Crippen molar-refractivity contribution in [3.8, 4) is 0 Å². The summed E-state index contributed by atoms with van der Waals surface area (Å²) in [5.41, 5.74) is -0.735. The molecule has 0 aromatic heterocycles. The molecule has 0 amide bonds. The molecule has 1 heterocycles. The summed E-state index contributed by atoms with van der Waals surface area (Å²) < 4.78 is 10.9. The number of hydrogen-bond acceptors (Lipinski definition) is 5. The van der Waals surface area contributed by atoms with E-state index >= 15 is 0 Å². The maximum absolute atomic E-state index is 11.6. The van der Waals surface area contributed by atoms with Gasteiger partial charge in [-0.05, 0) is 38.8 Å². The molecule has 1 saturated heterocycles. The van der Waals surface area contributed by atoms with Crippen molar-refractivity contribution in [1.29, 1.82) is 0 Å². The largest absolute Gasteiger partial charge is 0.480 e. The van der Waals surface area contributed by atoms with Crippen molar-refractivity contribution >= 4 is 5.97 Å². The summed E-state index contributed by atoms with van der Waals surface area (Å²) in [6, 6.07) is 0. The molecule has 21 heavy (non-hydrogen) atoms. The molecular weight excluding hydrogens is 272 g/mol. The molecule has 1 saturated carbocycles. The van der Waals surface area contributed by atoms with E-state index in [1.54, 1.807) is 21.3 Å². The third-order valence-electron chi connectivity index (χ3n) is 5.34. The van der Waals surface area contributed by atoms with Crippen LogP contribution in [-0.4, -0.2) is 74.6 Å². The van der Waals surface area contributed by atoms with E-state index in [9.17, 15) is 9.90 Å². The summed E-state index contributed by atoms with van der Waals surface area (Å²) in [6.07, 6.45) is 3.84. The number of carbonyl (C=O) groups is 1. The van der Waals surface area contributed by atoms with Gasteiger partial charge in [0.25, 0.3) is 0 Å². The summed E-state index contributed by atoms with van der Waals surface area (Å²) in [6.45, 7) is 2.63. The van der Waals surface area contributed by atoms with Crippen molar-refractivity contribution in [3.63, 3.8) is 0 Å². The zero-order valence-electron chi connectivity index (χ0n) is 13.3. The van der Waals surface area contributed by atoms with Crippen LogP contribution in [0.1, 0.15) is 25.7 Å². The number of nitrogens with one attached hydrogen (secondary N) is 1. The second-order valence-corrected chi connectivity index (χ2v) is 6.21. The van der Waals surface area contributed by atoms with E-state index in [1.165, 1.54) is 0 Å². The second kappa shape index (κ2) is 7.05. The highest BCUT2D eigenvalue weighted by Crippen LogP contribution is 2.38. The summed E-state index contributed by atoms with van der Waals surface area (Å²) in [5, 5.41) is 12.6. The normalized spacial score (nSPS) is 37.2. The van der Waals surface area contributed by atoms with Crippen LogP contribution in [0.4, 0.5) is 0 Å². The van der Waals surface area contributed by atoms with Crippen LogP contribution in [0.5, 0.6) is 0 Å². The van der Waals surface area contributed by atoms with Gasteiger partial charge < -0.3 is 19.9 Å². The smallest absolute Gasteiger partial charge is 0.324 e. The van der Waals surface area contributed by atoms with Crippen molar-refractivity contribution < 1.29 is 19.4 Å². The van der Waals surface area contributed by atoms with Crippen LogP contribution in [0, 0.1) is 5.92 Å². The standard InChI is InChI=1S/C15H28N2O4/c1-16-15(14(18)19)7-4-5-11(15)6-8-17-9-12(20-2)13(10-17)21-3/h11-13,16H,4-10H2,1-3H3,(H,18,19). The van der Waals surface area contributed by atoms with Crippen LogP contribution in [0.3, 0.4) is 0 Å². The number of likely N-dealkylation sites (tertiary alicyclic amines) is 1. The lowest BCUT2D eigenvalue weighted by Gasteiger charge is -2.32. The summed E-state index contributed by atoms with van der Waals surface area (Å²) in [5.74, 6) is -0.513.